The number of nitrogens with one attached hydrogen (secondary N) is 1. The number of rotatable bonds is 5. The summed E-state index contributed by atoms with van der Waals surface area (Å²) in [5.41, 5.74) is 3.90. The Kier molecular flexibility index (Phi) is 4.61. The zero-order valence-electron chi connectivity index (χ0n) is 11.7. The number of benzene rings is 1. The first kappa shape index (κ1) is 14.1. The van der Waals surface area contributed by atoms with E-state index in [1.807, 2.05) is 7.05 Å². The molecule has 5 heteroatoms. The van der Waals surface area contributed by atoms with Crippen molar-refractivity contribution in [1.82, 2.24) is 15.5 Å². The van der Waals surface area contributed by atoms with E-state index in [2.05, 4.69) is 47.6 Å². The molecule has 1 heterocycles. The standard InChI is InChI=1S/C14H19N3OS/c1-9-5-6-10(2)12(7-9)13(15-4)8-19-14-17-16-11(3)18-14/h5-7,13,15H,8H2,1-4H3. The largest absolute Gasteiger partial charge is 0.416 e. The average Bonchev–Trinajstić information content (AvgIpc) is 2.80. The minimum atomic E-state index is 0.275. The van der Waals surface area contributed by atoms with Gasteiger partial charge in [0.15, 0.2) is 0 Å². The Bertz CT molecular complexity index is 553. The van der Waals surface area contributed by atoms with Crippen LogP contribution in [0.2, 0.25) is 0 Å². The Hall–Kier alpha value is -1.33. The van der Waals surface area contributed by atoms with Crippen molar-refractivity contribution in [2.24, 2.45) is 0 Å². The van der Waals surface area contributed by atoms with E-state index in [-0.39, 0.29) is 6.04 Å². The predicted octanol–water partition coefficient (Wildman–Crippen LogP) is 3.05. The molecular formula is C14H19N3OS. The van der Waals surface area contributed by atoms with Crippen LogP contribution in [0.15, 0.2) is 27.8 Å². The summed E-state index contributed by atoms with van der Waals surface area (Å²) in [5, 5.41) is 11.8. The molecule has 0 bridgehead atoms. The highest BCUT2D eigenvalue weighted by atomic mass is 32.2. The second-order valence-corrected chi connectivity index (χ2v) is 5.57. The number of thioether (sulfide) groups is 1. The van der Waals surface area contributed by atoms with Gasteiger partial charge in [-0.25, -0.2) is 0 Å². The maximum atomic E-state index is 5.38. The molecule has 4 nitrogen and oxygen atoms in total. The molecule has 0 fully saturated rings. The van der Waals surface area contributed by atoms with E-state index >= 15 is 0 Å². The highest BCUT2D eigenvalue weighted by Crippen LogP contribution is 2.26. The fourth-order valence-corrected chi connectivity index (χ4v) is 2.89. The summed E-state index contributed by atoms with van der Waals surface area (Å²) in [6.07, 6.45) is 0. The SMILES string of the molecule is CNC(CSc1nnc(C)o1)c1cc(C)ccc1C. The lowest BCUT2D eigenvalue weighted by Gasteiger charge is -2.18. The molecule has 0 spiro atoms. The second-order valence-electron chi connectivity index (χ2n) is 4.60. The van der Waals surface area contributed by atoms with E-state index < -0.39 is 0 Å². The summed E-state index contributed by atoms with van der Waals surface area (Å²) in [4.78, 5) is 0. The Balaban J connectivity index is 2.09. The van der Waals surface area contributed by atoms with Crippen molar-refractivity contribution in [2.75, 3.05) is 12.8 Å². The van der Waals surface area contributed by atoms with Gasteiger partial charge in [0, 0.05) is 18.7 Å². The summed E-state index contributed by atoms with van der Waals surface area (Å²) in [6, 6.07) is 6.81. The summed E-state index contributed by atoms with van der Waals surface area (Å²) in [7, 11) is 1.98. The molecule has 2 aromatic rings. The van der Waals surface area contributed by atoms with Gasteiger partial charge in [0.25, 0.3) is 5.22 Å². The van der Waals surface area contributed by atoms with Gasteiger partial charge in [-0.3, -0.25) is 0 Å². The van der Waals surface area contributed by atoms with E-state index in [1.54, 1.807) is 18.7 Å². The Labute approximate surface area is 118 Å². The smallest absolute Gasteiger partial charge is 0.276 e. The average molecular weight is 277 g/mol. The second kappa shape index (κ2) is 6.21. The Morgan fingerprint density at radius 2 is 2.05 bits per heavy atom. The molecule has 1 unspecified atom stereocenters. The maximum absolute atomic E-state index is 5.38. The minimum Gasteiger partial charge on any atom is -0.416 e. The molecule has 102 valence electrons. The summed E-state index contributed by atoms with van der Waals surface area (Å²) >= 11 is 1.58. The van der Waals surface area contributed by atoms with Crippen LogP contribution < -0.4 is 5.32 Å². The first-order valence-electron chi connectivity index (χ1n) is 6.27. The lowest BCUT2D eigenvalue weighted by molar-refractivity contribution is 0.428. The van der Waals surface area contributed by atoms with Gasteiger partial charge in [-0.15, -0.1) is 10.2 Å². The van der Waals surface area contributed by atoms with Gasteiger partial charge < -0.3 is 9.73 Å². The summed E-state index contributed by atoms with van der Waals surface area (Å²) in [5.74, 6) is 1.47. The van der Waals surface area contributed by atoms with Crippen LogP contribution in [-0.2, 0) is 0 Å². The van der Waals surface area contributed by atoms with E-state index in [0.717, 1.165) is 5.75 Å². The zero-order chi connectivity index (χ0) is 13.8. The first-order valence-corrected chi connectivity index (χ1v) is 7.26. The monoisotopic (exact) mass is 277 g/mol. The first-order chi connectivity index (χ1) is 9.10. The zero-order valence-corrected chi connectivity index (χ0v) is 12.5. The fraction of sp³-hybridized carbons (Fsp3) is 0.429. The quantitative estimate of drug-likeness (QED) is 0.851. The topological polar surface area (TPSA) is 51.0 Å². The van der Waals surface area contributed by atoms with Gasteiger partial charge in [-0.2, -0.15) is 0 Å². The molecule has 1 N–H and O–H groups in total. The third-order valence-electron chi connectivity index (χ3n) is 3.04. The van der Waals surface area contributed by atoms with Gasteiger partial charge in [-0.1, -0.05) is 35.5 Å². The number of aromatic nitrogens is 2. The van der Waals surface area contributed by atoms with Crippen molar-refractivity contribution in [2.45, 2.75) is 32.0 Å². The van der Waals surface area contributed by atoms with E-state index in [1.165, 1.54) is 16.7 Å². The molecule has 0 saturated heterocycles. The predicted molar refractivity (Wildman–Crippen MR) is 77.5 cm³/mol. The van der Waals surface area contributed by atoms with Gasteiger partial charge >= 0.3 is 0 Å². The third kappa shape index (κ3) is 3.58. The van der Waals surface area contributed by atoms with Gasteiger partial charge in [0.1, 0.15) is 0 Å². The number of hydrogen-bond acceptors (Lipinski definition) is 5. The molecule has 1 aromatic carbocycles. The molecule has 0 amide bonds. The number of hydrogen-bond donors (Lipinski definition) is 1. The molecule has 1 atom stereocenters. The van der Waals surface area contributed by atoms with Crippen LogP contribution in [0.5, 0.6) is 0 Å². The number of aryl methyl sites for hydroxylation is 3. The van der Waals surface area contributed by atoms with Gasteiger partial charge in [-0.05, 0) is 32.0 Å². The fourth-order valence-electron chi connectivity index (χ4n) is 1.96. The van der Waals surface area contributed by atoms with Crippen LogP contribution in [0.25, 0.3) is 0 Å². The van der Waals surface area contributed by atoms with Crippen molar-refractivity contribution in [3.63, 3.8) is 0 Å². The molecule has 0 saturated carbocycles. The highest BCUT2D eigenvalue weighted by molar-refractivity contribution is 7.99. The van der Waals surface area contributed by atoms with Gasteiger partial charge in [0.2, 0.25) is 5.89 Å². The van der Waals surface area contributed by atoms with Crippen LogP contribution in [0.4, 0.5) is 0 Å². The van der Waals surface area contributed by atoms with Crippen LogP contribution in [-0.4, -0.2) is 23.0 Å². The minimum absolute atomic E-state index is 0.275. The number of nitrogens with zero attached hydrogens (tertiary/aromatic N) is 2. The molecule has 0 aliphatic heterocycles. The molecule has 19 heavy (non-hydrogen) atoms. The molecule has 1 aromatic heterocycles. The van der Waals surface area contributed by atoms with E-state index in [0.29, 0.717) is 11.1 Å². The normalized spacial score (nSPS) is 12.6. The van der Waals surface area contributed by atoms with Crippen LogP contribution in [0, 0.1) is 20.8 Å². The van der Waals surface area contributed by atoms with E-state index in [4.69, 9.17) is 4.42 Å². The third-order valence-corrected chi connectivity index (χ3v) is 3.95. The van der Waals surface area contributed by atoms with E-state index in [9.17, 15) is 0 Å². The lowest BCUT2D eigenvalue weighted by atomic mass is 10.0. The van der Waals surface area contributed by atoms with Crippen molar-refractivity contribution in [1.29, 1.82) is 0 Å². The summed E-state index contributed by atoms with van der Waals surface area (Å²) < 4.78 is 5.38. The van der Waals surface area contributed by atoms with Crippen molar-refractivity contribution >= 4 is 11.8 Å². The molecule has 0 radical (unpaired) electrons. The van der Waals surface area contributed by atoms with Crippen molar-refractivity contribution in [3.8, 4) is 0 Å². The molecule has 0 aliphatic rings. The molecular weight excluding hydrogens is 258 g/mol. The van der Waals surface area contributed by atoms with Crippen LogP contribution in [0.3, 0.4) is 0 Å². The Morgan fingerprint density at radius 1 is 1.26 bits per heavy atom. The Morgan fingerprint density at radius 3 is 2.68 bits per heavy atom. The van der Waals surface area contributed by atoms with Gasteiger partial charge in [0.05, 0.1) is 0 Å². The summed E-state index contributed by atoms with van der Waals surface area (Å²) in [6.45, 7) is 6.06. The molecule has 2 rings (SSSR count). The molecule has 0 aliphatic carbocycles. The maximum Gasteiger partial charge on any atom is 0.276 e. The highest BCUT2D eigenvalue weighted by Gasteiger charge is 2.14. The van der Waals surface area contributed by atoms with Crippen molar-refractivity contribution in [3.05, 3.63) is 40.8 Å². The van der Waals surface area contributed by atoms with Crippen LogP contribution in [0.1, 0.15) is 28.6 Å². The lowest BCUT2D eigenvalue weighted by Crippen LogP contribution is -2.19. The van der Waals surface area contributed by atoms with Crippen molar-refractivity contribution < 1.29 is 4.42 Å². The van der Waals surface area contributed by atoms with Crippen LogP contribution >= 0.6 is 11.8 Å².